The molecule has 0 aliphatic rings. The van der Waals surface area contributed by atoms with Crippen molar-refractivity contribution in [3.05, 3.63) is 39.5 Å². The summed E-state index contributed by atoms with van der Waals surface area (Å²) in [5, 5.41) is 9.13. The van der Waals surface area contributed by atoms with E-state index in [2.05, 4.69) is 14.9 Å². The minimum Gasteiger partial charge on any atom is -0.392 e. The van der Waals surface area contributed by atoms with Gasteiger partial charge in [-0.15, -0.1) is 11.3 Å². The second-order valence-corrected chi connectivity index (χ2v) is 5.23. The highest BCUT2D eigenvalue weighted by molar-refractivity contribution is 7.09. The molecule has 2 rings (SSSR count). The number of rotatable bonds is 4. The fourth-order valence-corrected chi connectivity index (χ4v) is 2.56. The quantitative estimate of drug-likeness (QED) is 0.919. The maximum Gasteiger partial charge on any atom is 0.128 e. The molecule has 0 fully saturated rings. The van der Waals surface area contributed by atoms with Crippen LogP contribution in [-0.2, 0) is 13.2 Å². The lowest BCUT2D eigenvalue weighted by molar-refractivity contribution is 0.280. The topological polar surface area (TPSA) is 49.2 Å². The van der Waals surface area contributed by atoms with Gasteiger partial charge in [0, 0.05) is 17.6 Å². The second kappa shape index (κ2) is 5.46. The molecule has 0 bridgehead atoms. The molecule has 0 radical (unpaired) electrons. The SMILES string of the molecule is Cc1nc(N(C)Cc2scnc2C)ccc1CO. The maximum absolute atomic E-state index is 9.13. The predicted octanol–water partition coefficient (Wildman–Crippen LogP) is 2.28. The molecule has 2 heterocycles. The zero-order valence-electron chi connectivity index (χ0n) is 10.8. The van der Waals surface area contributed by atoms with Gasteiger partial charge in [-0.3, -0.25) is 0 Å². The number of nitrogens with zero attached hydrogens (tertiary/aromatic N) is 3. The summed E-state index contributed by atoms with van der Waals surface area (Å²) in [5.74, 6) is 0.914. The average molecular weight is 263 g/mol. The van der Waals surface area contributed by atoms with Gasteiger partial charge in [0.15, 0.2) is 0 Å². The molecule has 4 nitrogen and oxygen atoms in total. The number of aromatic nitrogens is 2. The van der Waals surface area contributed by atoms with E-state index in [1.807, 2.05) is 38.5 Å². The van der Waals surface area contributed by atoms with Gasteiger partial charge >= 0.3 is 0 Å². The molecular weight excluding hydrogens is 246 g/mol. The van der Waals surface area contributed by atoms with Crippen LogP contribution in [-0.4, -0.2) is 22.1 Å². The number of pyridine rings is 1. The molecule has 0 atom stereocenters. The van der Waals surface area contributed by atoms with Crippen molar-refractivity contribution in [3.63, 3.8) is 0 Å². The van der Waals surface area contributed by atoms with Crippen LogP contribution in [0.4, 0.5) is 5.82 Å². The molecule has 18 heavy (non-hydrogen) atoms. The molecule has 0 aliphatic carbocycles. The Kier molecular flexibility index (Phi) is 3.93. The van der Waals surface area contributed by atoms with Crippen LogP contribution in [0.25, 0.3) is 0 Å². The minimum absolute atomic E-state index is 0.0385. The number of aliphatic hydroxyl groups is 1. The van der Waals surface area contributed by atoms with Gasteiger partial charge < -0.3 is 10.0 Å². The normalized spacial score (nSPS) is 10.7. The van der Waals surface area contributed by atoms with E-state index in [4.69, 9.17) is 5.11 Å². The molecular formula is C13H17N3OS. The molecule has 0 aliphatic heterocycles. The van der Waals surface area contributed by atoms with Gasteiger partial charge in [0.1, 0.15) is 5.82 Å². The molecule has 96 valence electrons. The first-order valence-corrected chi connectivity index (χ1v) is 6.67. The average Bonchev–Trinajstić information content (AvgIpc) is 2.75. The Hall–Kier alpha value is -1.46. The Morgan fingerprint density at radius 2 is 2.06 bits per heavy atom. The third kappa shape index (κ3) is 2.68. The van der Waals surface area contributed by atoms with Gasteiger partial charge in [-0.05, 0) is 25.5 Å². The fraction of sp³-hybridized carbons (Fsp3) is 0.385. The van der Waals surface area contributed by atoms with Crippen molar-refractivity contribution in [1.82, 2.24) is 9.97 Å². The van der Waals surface area contributed by atoms with Crippen molar-refractivity contribution in [2.24, 2.45) is 0 Å². The molecule has 0 amide bonds. The number of anilines is 1. The Morgan fingerprint density at radius 1 is 1.28 bits per heavy atom. The monoisotopic (exact) mass is 263 g/mol. The Balaban J connectivity index is 2.16. The Morgan fingerprint density at radius 3 is 2.61 bits per heavy atom. The summed E-state index contributed by atoms with van der Waals surface area (Å²) < 4.78 is 0. The summed E-state index contributed by atoms with van der Waals surface area (Å²) in [7, 11) is 2.01. The van der Waals surface area contributed by atoms with Gasteiger partial charge in [-0.2, -0.15) is 0 Å². The summed E-state index contributed by atoms with van der Waals surface area (Å²) in [6, 6.07) is 3.86. The largest absolute Gasteiger partial charge is 0.392 e. The Labute approximate surface area is 111 Å². The predicted molar refractivity (Wildman–Crippen MR) is 73.9 cm³/mol. The molecule has 0 saturated carbocycles. The molecule has 0 spiro atoms. The summed E-state index contributed by atoms with van der Waals surface area (Å²) in [6.07, 6.45) is 0. The van der Waals surface area contributed by atoms with Crippen molar-refractivity contribution in [2.75, 3.05) is 11.9 Å². The highest BCUT2D eigenvalue weighted by Crippen LogP contribution is 2.19. The summed E-state index contributed by atoms with van der Waals surface area (Å²) >= 11 is 1.66. The van der Waals surface area contributed by atoms with Crippen LogP contribution in [0.5, 0.6) is 0 Å². The van der Waals surface area contributed by atoms with E-state index in [0.717, 1.165) is 29.3 Å². The lowest BCUT2D eigenvalue weighted by Gasteiger charge is -2.18. The van der Waals surface area contributed by atoms with Crippen LogP contribution in [0.15, 0.2) is 17.6 Å². The molecule has 5 heteroatoms. The van der Waals surface area contributed by atoms with Crippen molar-refractivity contribution >= 4 is 17.2 Å². The molecule has 1 N–H and O–H groups in total. The van der Waals surface area contributed by atoms with Gasteiger partial charge in [0.25, 0.3) is 0 Å². The lowest BCUT2D eigenvalue weighted by atomic mass is 10.2. The lowest BCUT2D eigenvalue weighted by Crippen LogP contribution is -2.18. The first kappa shape index (κ1) is 13.0. The van der Waals surface area contributed by atoms with E-state index in [0.29, 0.717) is 0 Å². The molecule has 0 saturated heterocycles. The van der Waals surface area contributed by atoms with E-state index in [-0.39, 0.29) is 6.61 Å². The van der Waals surface area contributed by atoms with Crippen molar-refractivity contribution in [2.45, 2.75) is 27.0 Å². The first-order chi connectivity index (χ1) is 8.61. The van der Waals surface area contributed by atoms with Gasteiger partial charge in [0.05, 0.1) is 24.4 Å². The third-order valence-electron chi connectivity index (χ3n) is 2.97. The summed E-state index contributed by atoms with van der Waals surface area (Å²) in [6.45, 7) is 4.78. The zero-order chi connectivity index (χ0) is 13.1. The first-order valence-electron chi connectivity index (χ1n) is 5.79. The maximum atomic E-state index is 9.13. The van der Waals surface area contributed by atoms with Crippen molar-refractivity contribution in [1.29, 1.82) is 0 Å². The number of aryl methyl sites for hydroxylation is 2. The summed E-state index contributed by atoms with van der Waals surface area (Å²) in [5.41, 5.74) is 4.70. The Bertz CT molecular complexity index is 539. The molecule has 2 aromatic heterocycles. The van der Waals surface area contributed by atoms with E-state index in [9.17, 15) is 0 Å². The molecule has 2 aromatic rings. The minimum atomic E-state index is 0.0385. The standard InChI is InChI=1S/C13H17N3OS/c1-9-11(7-17)4-5-13(15-9)16(3)6-12-10(2)14-8-18-12/h4-5,8,17H,6-7H2,1-3H3. The van der Waals surface area contributed by atoms with Crippen LogP contribution < -0.4 is 4.90 Å². The van der Waals surface area contributed by atoms with E-state index < -0.39 is 0 Å². The number of hydrogen-bond acceptors (Lipinski definition) is 5. The van der Waals surface area contributed by atoms with E-state index >= 15 is 0 Å². The van der Waals surface area contributed by atoms with E-state index in [1.165, 1.54) is 4.88 Å². The molecule has 0 aromatic carbocycles. The third-order valence-corrected chi connectivity index (χ3v) is 3.89. The number of aliphatic hydroxyl groups excluding tert-OH is 1. The number of thiazole rings is 1. The van der Waals surface area contributed by atoms with Crippen LogP contribution in [0.2, 0.25) is 0 Å². The summed E-state index contributed by atoms with van der Waals surface area (Å²) in [4.78, 5) is 12.1. The zero-order valence-corrected chi connectivity index (χ0v) is 11.7. The fourth-order valence-electron chi connectivity index (χ4n) is 1.73. The highest BCUT2D eigenvalue weighted by atomic mass is 32.1. The van der Waals surface area contributed by atoms with Gasteiger partial charge in [-0.25, -0.2) is 9.97 Å². The molecule has 0 unspecified atom stereocenters. The van der Waals surface area contributed by atoms with Gasteiger partial charge in [-0.1, -0.05) is 6.07 Å². The smallest absolute Gasteiger partial charge is 0.128 e. The van der Waals surface area contributed by atoms with Crippen LogP contribution >= 0.6 is 11.3 Å². The van der Waals surface area contributed by atoms with Gasteiger partial charge in [0.2, 0.25) is 0 Å². The van der Waals surface area contributed by atoms with Crippen LogP contribution in [0, 0.1) is 13.8 Å². The van der Waals surface area contributed by atoms with Crippen molar-refractivity contribution < 1.29 is 5.11 Å². The second-order valence-electron chi connectivity index (χ2n) is 4.29. The highest BCUT2D eigenvalue weighted by Gasteiger charge is 2.09. The van der Waals surface area contributed by atoms with Crippen LogP contribution in [0.3, 0.4) is 0 Å². The van der Waals surface area contributed by atoms with E-state index in [1.54, 1.807) is 11.3 Å². The van der Waals surface area contributed by atoms with Crippen LogP contribution in [0.1, 0.15) is 21.8 Å². The number of hydrogen-bond donors (Lipinski definition) is 1. The van der Waals surface area contributed by atoms with Crippen molar-refractivity contribution in [3.8, 4) is 0 Å².